The number of carbonyl (C=O) groups is 2. The van der Waals surface area contributed by atoms with Gasteiger partial charge in [0, 0.05) is 12.0 Å². The number of allylic oxidation sites excluding steroid dienone is 2. The molecule has 0 spiro atoms. The fourth-order valence-electron chi connectivity index (χ4n) is 2.83. The lowest BCUT2D eigenvalue weighted by Gasteiger charge is -2.06. The molecule has 0 aliphatic carbocycles. The molecule has 4 nitrogen and oxygen atoms in total. The highest BCUT2D eigenvalue weighted by Gasteiger charge is 2.05. The third-order valence-corrected chi connectivity index (χ3v) is 4.57. The van der Waals surface area contributed by atoms with Crippen molar-refractivity contribution in [3.8, 4) is 0 Å². The topological polar surface area (TPSA) is 52.6 Å². The largest absolute Gasteiger partial charge is 0.462 e. The Balaban J connectivity index is 3.29. The number of rotatable bonds is 19. The Labute approximate surface area is 172 Å². The lowest BCUT2D eigenvalue weighted by atomic mass is 10.1. The first-order chi connectivity index (χ1) is 13.6. The molecule has 0 amide bonds. The van der Waals surface area contributed by atoms with Gasteiger partial charge < -0.3 is 9.47 Å². The second kappa shape index (κ2) is 20.2. The first-order valence-corrected chi connectivity index (χ1v) is 11.2. The highest BCUT2D eigenvalue weighted by Crippen LogP contribution is 2.10. The van der Waals surface area contributed by atoms with Crippen molar-refractivity contribution in [3.63, 3.8) is 0 Å². The van der Waals surface area contributed by atoms with Gasteiger partial charge in [-0.05, 0) is 39.0 Å². The van der Waals surface area contributed by atoms with Crippen molar-refractivity contribution in [3.05, 3.63) is 24.3 Å². The molecule has 0 aromatic heterocycles. The molecule has 0 aromatic carbocycles. The molecular formula is C24H42O4. The minimum absolute atomic E-state index is 0.0871. The molecule has 0 N–H and O–H groups in total. The highest BCUT2D eigenvalue weighted by atomic mass is 16.6. The van der Waals surface area contributed by atoms with E-state index in [-0.39, 0.29) is 19.2 Å². The Bertz CT molecular complexity index is 440. The molecule has 0 atom stereocenters. The summed E-state index contributed by atoms with van der Waals surface area (Å²) in [5, 5.41) is 0. The van der Waals surface area contributed by atoms with Crippen LogP contribution in [-0.4, -0.2) is 25.2 Å². The van der Waals surface area contributed by atoms with Crippen molar-refractivity contribution < 1.29 is 19.1 Å². The molecule has 0 saturated heterocycles. The number of esters is 2. The molecule has 0 radical (unpaired) electrons. The average Bonchev–Trinajstić information content (AvgIpc) is 2.68. The maximum absolute atomic E-state index is 11.6. The van der Waals surface area contributed by atoms with Gasteiger partial charge in [-0.15, -0.1) is 0 Å². The van der Waals surface area contributed by atoms with Gasteiger partial charge in [-0.2, -0.15) is 0 Å². The molecule has 28 heavy (non-hydrogen) atoms. The van der Waals surface area contributed by atoms with Crippen LogP contribution in [0.4, 0.5) is 0 Å². The van der Waals surface area contributed by atoms with Crippen molar-refractivity contribution in [1.82, 2.24) is 0 Å². The zero-order valence-electron chi connectivity index (χ0n) is 18.3. The van der Waals surface area contributed by atoms with E-state index < -0.39 is 5.97 Å². The second-order valence-electron chi connectivity index (χ2n) is 7.47. The summed E-state index contributed by atoms with van der Waals surface area (Å²) in [7, 11) is 0. The molecule has 162 valence electrons. The number of ether oxygens (including phenoxy) is 2. The summed E-state index contributed by atoms with van der Waals surface area (Å²) in [6.45, 7) is 7.53. The van der Waals surface area contributed by atoms with Gasteiger partial charge in [0.15, 0.2) is 0 Å². The Morgan fingerprint density at radius 3 is 1.82 bits per heavy atom. The summed E-state index contributed by atoms with van der Waals surface area (Å²) in [4.78, 5) is 22.7. The third-order valence-electron chi connectivity index (χ3n) is 4.57. The van der Waals surface area contributed by atoms with Gasteiger partial charge in [-0.1, -0.05) is 77.0 Å². The van der Waals surface area contributed by atoms with E-state index in [1.807, 2.05) is 0 Å². The SMILES string of the molecule is C=C(C)C(=O)OCCOC(=O)CCCCCCC/C=C\CCCCCCCC. The van der Waals surface area contributed by atoms with Gasteiger partial charge in [0.1, 0.15) is 13.2 Å². The fourth-order valence-corrected chi connectivity index (χ4v) is 2.83. The monoisotopic (exact) mass is 394 g/mol. The van der Waals surface area contributed by atoms with E-state index in [9.17, 15) is 9.59 Å². The average molecular weight is 395 g/mol. The minimum atomic E-state index is -0.451. The van der Waals surface area contributed by atoms with Gasteiger partial charge in [0.05, 0.1) is 0 Å². The summed E-state index contributed by atoms with van der Waals surface area (Å²) in [5.74, 6) is -0.669. The van der Waals surface area contributed by atoms with E-state index in [1.54, 1.807) is 6.92 Å². The van der Waals surface area contributed by atoms with E-state index >= 15 is 0 Å². The second-order valence-corrected chi connectivity index (χ2v) is 7.47. The molecule has 0 fully saturated rings. The molecule has 0 aliphatic heterocycles. The van der Waals surface area contributed by atoms with Crippen LogP contribution in [0, 0.1) is 0 Å². The van der Waals surface area contributed by atoms with E-state index in [2.05, 4.69) is 25.7 Å². The van der Waals surface area contributed by atoms with Crippen LogP contribution in [0.3, 0.4) is 0 Å². The summed E-state index contributed by atoms with van der Waals surface area (Å²) in [6, 6.07) is 0. The van der Waals surface area contributed by atoms with Gasteiger partial charge in [0.25, 0.3) is 0 Å². The van der Waals surface area contributed by atoms with E-state index in [0.29, 0.717) is 12.0 Å². The molecular weight excluding hydrogens is 352 g/mol. The van der Waals surface area contributed by atoms with E-state index in [0.717, 1.165) is 19.3 Å². The van der Waals surface area contributed by atoms with Crippen molar-refractivity contribution in [2.45, 2.75) is 104 Å². The van der Waals surface area contributed by atoms with Crippen LogP contribution in [0.25, 0.3) is 0 Å². The number of hydrogen-bond acceptors (Lipinski definition) is 4. The van der Waals surface area contributed by atoms with Crippen LogP contribution >= 0.6 is 0 Å². The van der Waals surface area contributed by atoms with Gasteiger partial charge in [0.2, 0.25) is 0 Å². The van der Waals surface area contributed by atoms with Crippen LogP contribution in [0.5, 0.6) is 0 Å². The zero-order chi connectivity index (χ0) is 20.9. The molecule has 0 rings (SSSR count). The Kier molecular flexibility index (Phi) is 19.0. The first kappa shape index (κ1) is 26.4. The summed E-state index contributed by atoms with van der Waals surface area (Å²) in [5.41, 5.74) is 0.347. The van der Waals surface area contributed by atoms with Crippen LogP contribution in [-0.2, 0) is 19.1 Å². The van der Waals surface area contributed by atoms with Gasteiger partial charge in [-0.25, -0.2) is 4.79 Å². The smallest absolute Gasteiger partial charge is 0.333 e. The van der Waals surface area contributed by atoms with Gasteiger partial charge in [-0.3, -0.25) is 4.79 Å². The van der Waals surface area contributed by atoms with Crippen LogP contribution in [0.15, 0.2) is 24.3 Å². The molecule has 0 aromatic rings. The van der Waals surface area contributed by atoms with Crippen molar-refractivity contribution in [1.29, 1.82) is 0 Å². The normalized spacial score (nSPS) is 10.9. The molecule has 4 heteroatoms. The molecule has 0 unspecified atom stereocenters. The zero-order valence-corrected chi connectivity index (χ0v) is 18.3. The Hall–Kier alpha value is -1.58. The quantitative estimate of drug-likeness (QED) is 0.106. The van der Waals surface area contributed by atoms with Crippen molar-refractivity contribution in [2.24, 2.45) is 0 Å². The predicted octanol–water partition coefficient (Wildman–Crippen LogP) is 6.69. The van der Waals surface area contributed by atoms with E-state index in [1.165, 1.54) is 64.2 Å². The van der Waals surface area contributed by atoms with Crippen molar-refractivity contribution >= 4 is 11.9 Å². The summed E-state index contributed by atoms with van der Waals surface area (Å²) >= 11 is 0. The number of carbonyl (C=O) groups excluding carboxylic acids is 2. The molecule has 0 aliphatic rings. The fraction of sp³-hybridized carbons (Fsp3) is 0.750. The molecule has 0 saturated carbocycles. The summed E-state index contributed by atoms with van der Waals surface area (Å²) in [6.07, 6.45) is 21.2. The number of unbranched alkanes of at least 4 members (excludes halogenated alkanes) is 11. The van der Waals surface area contributed by atoms with Crippen LogP contribution < -0.4 is 0 Å². The highest BCUT2D eigenvalue weighted by molar-refractivity contribution is 5.86. The predicted molar refractivity (Wildman–Crippen MR) is 116 cm³/mol. The lowest BCUT2D eigenvalue weighted by Crippen LogP contribution is -2.14. The van der Waals surface area contributed by atoms with Crippen LogP contribution in [0.2, 0.25) is 0 Å². The maximum atomic E-state index is 11.6. The lowest BCUT2D eigenvalue weighted by molar-refractivity contribution is -0.150. The number of hydrogen-bond donors (Lipinski definition) is 0. The van der Waals surface area contributed by atoms with Gasteiger partial charge >= 0.3 is 11.9 Å². The first-order valence-electron chi connectivity index (χ1n) is 11.2. The van der Waals surface area contributed by atoms with E-state index in [4.69, 9.17) is 9.47 Å². The van der Waals surface area contributed by atoms with Crippen molar-refractivity contribution in [2.75, 3.05) is 13.2 Å². The maximum Gasteiger partial charge on any atom is 0.333 e. The molecule has 0 bridgehead atoms. The third kappa shape index (κ3) is 19.2. The van der Waals surface area contributed by atoms with Crippen LogP contribution in [0.1, 0.15) is 104 Å². The molecule has 0 heterocycles. The summed E-state index contributed by atoms with van der Waals surface area (Å²) < 4.78 is 9.90. The standard InChI is InChI=1S/C24H42O4/c1-4-5-6-7-8-9-10-11-12-13-14-15-16-17-18-19-23(25)27-20-21-28-24(26)22(2)3/h11-12H,2,4-10,13-21H2,1,3H3/b12-11-. The minimum Gasteiger partial charge on any atom is -0.462 e. The Morgan fingerprint density at radius 2 is 1.25 bits per heavy atom. The Morgan fingerprint density at radius 1 is 0.750 bits per heavy atom.